The molecule has 0 aliphatic heterocycles. The van der Waals surface area contributed by atoms with E-state index in [1.54, 1.807) is 6.08 Å². The van der Waals surface area contributed by atoms with Gasteiger partial charge in [-0.2, -0.15) is 0 Å². The monoisotopic (exact) mass is 977 g/mol. The van der Waals surface area contributed by atoms with E-state index in [0.29, 0.717) is 12.8 Å². The van der Waals surface area contributed by atoms with E-state index in [1.165, 1.54) is 186 Å². The number of carbonyl (C=O) groups excluding carboxylic acids is 3. The van der Waals surface area contributed by atoms with Gasteiger partial charge in [-0.1, -0.05) is 280 Å². The summed E-state index contributed by atoms with van der Waals surface area (Å²) in [5, 5.41) is 0. The van der Waals surface area contributed by atoms with E-state index in [0.717, 1.165) is 70.6 Å². The van der Waals surface area contributed by atoms with Gasteiger partial charge in [0.2, 0.25) is 0 Å². The standard InChI is InChI=1S/C64H112O6/c1-4-7-10-13-16-19-22-25-27-28-29-30-31-32-33-34-35-36-38-39-42-45-48-51-54-57-63(66)69-60-61(59-68-62(65)56-53-50-47-44-41-24-21-18-15-12-9-6-3)70-64(67)58-55-52-49-46-43-40-37-26-23-20-17-14-11-8-5-2/h8,11,17,20,26,28-29,37,43,46,52,55,61H,4-7,9-10,12-16,18-19,21-25,27,30-36,38-42,44-45,47-51,53-54,56-60H2,1-3H3/b11-8-,20-17-,29-28-,37-26-,46-43-,55-52-. The van der Waals surface area contributed by atoms with Crippen LogP contribution in [0.25, 0.3) is 0 Å². The van der Waals surface area contributed by atoms with Crippen LogP contribution in [-0.4, -0.2) is 37.2 Å². The van der Waals surface area contributed by atoms with Crippen molar-refractivity contribution in [2.45, 2.75) is 303 Å². The van der Waals surface area contributed by atoms with Crippen molar-refractivity contribution < 1.29 is 28.6 Å². The number of allylic oxidation sites excluding steroid dienone is 11. The zero-order valence-electron chi connectivity index (χ0n) is 46.3. The molecule has 0 amide bonds. The van der Waals surface area contributed by atoms with Gasteiger partial charge in [-0.05, 0) is 70.6 Å². The van der Waals surface area contributed by atoms with Gasteiger partial charge in [0.25, 0.3) is 0 Å². The van der Waals surface area contributed by atoms with Gasteiger partial charge in [0.1, 0.15) is 13.2 Å². The van der Waals surface area contributed by atoms with Crippen LogP contribution in [0, 0.1) is 0 Å². The highest BCUT2D eigenvalue weighted by Crippen LogP contribution is 2.16. The Morgan fingerprint density at radius 1 is 0.314 bits per heavy atom. The Bertz CT molecular complexity index is 1310. The number of hydrogen-bond acceptors (Lipinski definition) is 6. The predicted octanol–water partition coefficient (Wildman–Crippen LogP) is 20.2. The molecule has 1 unspecified atom stereocenters. The van der Waals surface area contributed by atoms with E-state index in [1.807, 2.05) is 6.08 Å². The first-order chi connectivity index (χ1) is 34.5. The van der Waals surface area contributed by atoms with Gasteiger partial charge in [-0.25, -0.2) is 0 Å². The minimum Gasteiger partial charge on any atom is -0.462 e. The third kappa shape index (κ3) is 55.8. The topological polar surface area (TPSA) is 78.9 Å². The zero-order chi connectivity index (χ0) is 50.7. The van der Waals surface area contributed by atoms with Gasteiger partial charge in [0.15, 0.2) is 6.10 Å². The first kappa shape index (κ1) is 66.9. The van der Waals surface area contributed by atoms with Gasteiger partial charge in [-0.15, -0.1) is 0 Å². The fourth-order valence-electron chi connectivity index (χ4n) is 8.51. The molecule has 0 saturated heterocycles. The summed E-state index contributed by atoms with van der Waals surface area (Å²) >= 11 is 0. The molecule has 0 aliphatic rings. The lowest BCUT2D eigenvalue weighted by Gasteiger charge is -2.18. The summed E-state index contributed by atoms with van der Waals surface area (Å²) in [4.78, 5) is 38.1. The number of rotatable bonds is 54. The quantitative estimate of drug-likeness (QED) is 0.0261. The van der Waals surface area contributed by atoms with Crippen LogP contribution in [0.1, 0.15) is 297 Å². The third-order valence-electron chi connectivity index (χ3n) is 13.0. The molecule has 0 N–H and O–H groups in total. The van der Waals surface area contributed by atoms with E-state index in [9.17, 15) is 14.4 Å². The summed E-state index contributed by atoms with van der Waals surface area (Å²) in [6.45, 7) is 6.46. The molecular weight excluding hydrogens is 865 g/mol. The molecule has 0 heterocycles. The second kappa shape index (κ2) is 58.4. The summed E-state index contributed by atoms with van der Waals surface area (Å²) in [6, 6.07) is 0. The maximum absolute atomic E-state index is 12.8. The molecule has 404 valence electrons. The summed E-state index contributed by atoms with van der Waals surface area (Å²) in [6.07, 6.45) is 75.1. The molecule has 0 spiro atoms. The van der Waals surface area contributed by atoms with Crippen molar-refractivity contribution >= 4 is 17.9 Å². The first-order valence-corrected chi connectivity index (χ1v) is 29.9. The molecule has 0 fully saturated rings. The minimum absolute atomic E-state index is 0.0997. The van der Waals surface area contributed by atoms with E-state index in [2.05, 4.69) is 81.5 Å². The molecule has 0 radical (unpaired) electrons. The van der Waals surface area contributed by atoms with Crippen molar-refractivity contribution in [2.24, 2.45) is 0 Å². The Morgan fingerprint density at radius 2 is 0.600 bits per heavy atom. The smallest absolute Gasteiger partial charge is 0.310 e. The van der Waals surface area contributed by atoms with Crippen LogP contribution < -0.4 is 0 Å². The van der Waals surface area contributed by atoms with Crippen molar-refractivity contribution in [3.8, 4) is 0 Å². The Labute approximate surface area is 433 Å². The molecule has 0 rings (SSSR count). The summed E-state index contributed by atoms with van der Waals surface area (Å²) < 4.78 is 16.8. The first-order valence-electron chi connectivity index (χ1n) is 29.9. The van der Waals surface area contributed by atoms with Crippen molar-refractivity contribution in [2.75, 3.05) is 13.2 Å². The summed E-state index contributed by atoms with van der Waals surface area (Å²) in [5.74, 6) is -1.03. The highest BCUT2D eigenvalue weighted by molar-refractivity contribution is 5.72. The average molecular weight is 978 g/mol. The van der Waals surface area contributed by atoms with Gasteiger partial charge < -0.3 is 14.2 Å². The molecule has 6 nitrogen and oxygen atoms in total. The highest BCUT2D eigenvalue weighted by Gasteiger charge is 2.19. The predicted molar refractivity (Wildman–Crippen MR) is 302 cm³/mol. The number of carbonyl (C=O) groups is 3. The van der Waals surface area contributed by atoms with Crippen molar-refractivity contribution in [1.29, 1.82) is 0 Å². The van der Waals surface area contributed by atoms with Crippen LogP contribution >= 0.6 is 0 Å². The van der Waals surface area contributed by atoms with E-state index in [-0.39, 0.29) is 31.6 Å². The van der Waals surface area contributed by atoms with Gasteiger partial charge in [0, 0.05) is 12.8 Å². The largest absolute Gasteiger partial charge is 0.462 e. The van der Waals surface area contributed by atoms with Crippen molar-refractivity contribution in [1.82, 2.24) is 0 Å². The second-order valence-electron chi connectivity index (χ2n) is 19.9. The molecular formula is C64H112O6. The van der Waals surface area contributed by atoms with Crippen LogP contribution in [0.3, 0.4) is 0 Å². The maximum atomic E-state index is 12.8. The maximum Gasteiger partial charge on any atom is 0.310 e. The lowest BCUT2D eigenvalue weighted by Crippen LogP contribution is -2.30. The average Bonchev–Trinajstić information content (AvgIpc) is 3.36. The number of unbranched alkanes of at least 4 members (excludes halogenated alkanes) is 32. The number of hydrogen-bond donors (Lipinski definition) is 0. The molecule has 0 saturated carbocycles. The molecule has 70 heavy (non-hydrogen) atoms. The van der Waals surface area contributed by atoms with Crippen LogP contribution in [0.15, 0.2) is 72.9 Å². The highest BCUT2D eigenvalue weighted by atomic mass is 16.6. The Hall–Kier alpha value is -3.15. The zero-order valence-corrected chi connectivity index (χ0v) is 46.3. The number of ether oxygens (including phenoxy) is 3. The van der Waals surface area contributed by atoms with E-state index >= 15 is 0 Å². The molecule has 0 aromatic rings. The lowest BCUT2D eigenvalue weighted by molar-refractivity contribution is -0.166. The normalized spacial score (nSPS) is 12.6. The second-order valence-corrected chi connectivity index (χ2v) is 19.9. The van der Waals surface area contributed by atoms with Gasteiger partial charge in [0.05, 0.1) is 6.42 Å². The lowest BCUT2D eigenvalue weighted by atomic mass is 10.0. The summed E-state index contributed by atoms with van der Waals surface area (Å²) in [7, 11) is 0. The molecule has 0 bridgehead atoms. The third-order valence-corrected chi connectivity index (χ3v) is 13.0. The van der Waals surface area contributed by atoms with Crippen LogP contribution in [0.4, 0.5) is 0 Å². The van der Waals surface area contributed by atoms with Crippen LogP contribution in [0.2, 0.25) is 0 Å². The van der Waals surface area contributed by atoms with E-state index in [4.69, 9.17) is 14.2 Å². The Balaban J connectivity index is 4.31. The molecule has 6 heteroatoms. The van der Waals surface area contributed by atoms with Gasteiger partial charge >= 0.3 is 17.9 Å². The fraction of sp³-hybridized carbons (Fsp3) is 0.766. The van der Waals surface area contributed by atoms with E-state index < -0.39 is 12.1 Å². The number of esters is 3. The van der Waals surface area contributed by atoms with Crippen molar-refractivity contribution in [3.05, 3.63) is 72.9 Å². The summed E-state index contributed by atoms with van der Waals surface area (Å²) in [5.41, 5.74) is 0. The Morgan fingerprint density at radius 3 is 0.929 bits per heavy atom. The van der Waals surface area contributed by atoms with Crippen LogP contribution in [0.5, 0.6) is 0 Å². The van der Waals surface area contributed by atoms with Crippen molar-refractivity contribution in [3.63, 3.8) is 0 Å². The van der Waals surface area contributed by atoms with Gasteiger partial charge in [-0.3, -0.25) is 14.4 Å². The Kier molecular flexibility index (Phi) is 55.8. The van der Waals surface area contributed by atoms with Crippen LogP contribution in [-0.2, 0) is 28.6 Å². The molecule has 0 aromatic carbocycles. The molecule has 1 atom stereocenters. The fourth-order valence-corrected chi connectivity index (χ4v) is 8.51. The molecule has 0 aromatic heterocycles. The minimum atomic E-state index is -0.827. The SMILES string of the molecule is CC/C=C\C/C=C\C/C=C\C/C=C\C/C=C\CC(=O)OC(COC(=O)CCCCCCCCCCCCCC)COC(=O)CCCCCCCCCCCCCCC/C=C\CCCCCCCCCC. The molecule has 0 aliphatic carbocycles.